The normalized spacial score (nSPS) is 11.7. The van der Waals surface area contributed by atoms with Crippen LogP contribution in [0.25, 0.3) is 17.5 Å². The van der Waals surface area contributed by atoms with Gasteiger partial charge in [-0.15, -0.1) is 0 Å². The van der Waals surface area contributed by atoms with Crippen LogP contribution >= 0.6 is 0 Å². The van der Waals surface area contributed by atoms with Gasteiger partial charge in [0.1, 0.15) is 22.8 Å². The van der Waals surface area contributed by atoms with Crippen LogP contribution in [0.15, 0.2) is 49.3 Å². The van der Waals surface area contributed by atoms with E-state index in [1.165, 1.54) is 45.0 Å². The summed E-state index contributed by atoms with van der Waals surface area (Å²) in [5.41, 5.74) is 10.4. The largest absolute Gasteiger partial charge is 0.254 e. The SMILES string of the molecule is C=Cc1cccc(C(C)C)c1-n1c[n+](-c2c(C(C)C)cccc2C(C)C)c(C)c1C. The van der Waals surface area contributed by atoms with Crippen molar-refractivity contribution in [3.63, 3.8) is 0 Å². The summed E-state index contributed by atoms with van der Waals surface area (Å²) < 4.78 is 4.77. The molecule has 0 amide bonds. The van der Waals surface area contributed by atoms with Crippen molar-refractivity contribution in [1.82, 2.24) is 4.57 Å². The number of aromatic nitrogens is 2. The Balaban J connectivity index is 2.37. The quantitative estimate of drug-likeness (QED) is 0.381. The Kier molecular flexibility index (Phi) is 6.36. The minimum atomic E-state index is 0.435. The fourth-order valence-electron chi connectivity index (χ4n) is 4.37. The molecular formula is C28H37N2+. The van der Waals surface area contributed by atoms with Crippen LogP contribution in [0.3, 0.4) is 0 Å². The summed E-state index contributed by atoms with van der Waals surface area (Å²) in [6.07, 6.45) is 4.26. The maximum Gasteiger partial charge on any atom is 0.254 e. The highest BCUT2D eigenvalue weighted by molar-refractivity contribution is 5.63. The molecule has 0 bridgehead atoms. The van der Waals surface area contributed by atoms with E-state index in [0.717, 1.165) is 0 Å². The van der Waals surface area contributed by atoms with Gasteiger partial charge in [0, 0.05) is 36.1 Å². The molecule has 0 aliphatic heterocycles. The molecule has 0 radical (unpaired) electrons. The van der Waals surface area contributed by atoms with E-state index in [0.29, 0.717) is 17.8 Å². The Morgan fingerprint density at radius 3 is 1.80 bits per heavy atom. The Bertz CT molecular complexity index is 1040. The van der Waals surface area contributed by atoms with Crippen LogP contribution in [0.4, 0.5) is 0 Å². The maximum atomic E-state index is 4.09. The average molecular weight is 402 g/mol. The summed E-state index contributed by atoms with van der Waals surface area (Å²) in [6, 6.07) is 13.3. The van der Waals surface area contributed by atoms with Gasteiger partial charge in [0.2, 0.25) is 0 Å². The van der Waals surface area contributed by atoms with E-state index in [1.807, 2.05) is 6.08 Å². The lowest BCUT2D eigenvalue weighted by atomic mass is 9.92. The summed E-state index contributed by atoms with van der Waals surface area (Å²) in [4.78, 5) is 0. The van der Waals surface area contributed by atoms with Gasteiger partial charge in [0.15, 0.2) is 0 Å². The molecule has 1 aromatic heterocycles. The van der Waals surface area contributed by atoms with Gasteiger partial charge in [-0.1, -0.05) is 90.6 Å². The van der Waals surface area contributed by atoms with Gasteiger partial charge in [-0.25, -0.2) is 0 Å². The fourth-order valence-corrected chi connectivity index (χ4v) is 4.37. The predicted molar refractivity (Wildman–Crippen MR) is 129 cm³/mol. The molecule has 158 valence electrons. The number of rotatable bonds is 6. The molecule has 0 aliphatic rings. The van der Waals surface area contributed by atoms with E-state index in [1.54, 1.807) is 0 Å². The first-order valence-electron chi connectivity index (χ1n) is 11.2. The number of benzene rings is 2. The molecule has 0 spiro atoms. The molecule has 3 aromatic rings. The number of para-hydroxylation sites is 2. The first-order chi connectivity index (χ1) is 14.2. The Hall–Kier alpha value is -2.61. The molecule has 0 saturated heterocycles. The van der Waals surface area contributed by atoms with Gasteiger partial charge in [-0.3, -0.25) is 0 Å². The highest BCUT2D eigenvalue weighted by atomic mass is 15.2. The molecule has 0 fully saturated rings. The zero-order valence-electron chi connectivity index (χ0n) is 20.0. The molecular weight excluding hydrogens is 364 g/mol. The van der Waals surface area contributed by atoms with Crippen molar-refractivity contribution in [3.8, 4) is 11.4 Å². The molecule has 1 heterocycles. The third kappa shape index (κ3) is 3.76. The molecule has 2 heteroatoms. The molecule has 2 aromatic carbocycles. The number of hydrogen-bond donors (Lipinski definition) is 0. The van der Waals surface area contributed by atoms with E-state index in [-0.39, 0.29) is 0 Å². The monoisotopic (exact) mass is 401 g/mol. The topological polar surface area (TPSA) is 8.81 Å². The molecule has 3 rings (SSSR count). The molecule has 0 saturated carbocycles. The fraction of sp³-hybridized carbons (Fsp3) is 0.393. The molecule has 2 nitrogen and oxygen atoms in total. The van der Waals surface area contributed by atoms with Gasteiger partial charge >= 0.3 is 0 Å². The molecule has 0 atom stereocenters. The van der Waals surface area contributed by atoms with E-state index < -0.39 is 0 Å². The van der Waals surface area contributed by atoms with Crippen LogP contribution in [0, 0.1) is 13.8 Å². The van der Waals surface area contributed by atoms with Gasteiger partial charge in [0.25, 0.3) is 6.33 Å². The van der Waals surface area contributed by atoms with Crippen LogP contribution in [-0.2, 0) is 0 Å². The van der Waals surface area contributed by atoms with Crippen molar-refractivity contribution in [1.29, 1.82) is 0 Å². The maximum absolute atomic E-state index is 4.09. The highest BCUT2D eigenvalue weighted by Crippen LogP contribution is 2.31. The average Bonchev–Trinajstić information content (AvgIpc) is 3.00. The minimum absolute atomic E-state index is 0.435. The Labute approximate surface area is 182 Å². The molecule has 30 heavy (non-hydrogen) atoms. The summed E-state index contributed by atoms with van der Waals surface area (Å²) in [7, 11) is 0. The van der Waals surface area contributed by atoms with Crippen molar-refractivity contribution in [2.75, 3.05) is 0 Å². The smallest absolute Gasteiger partial charge is 0.199 e. The van der Waals surface area contributed by atoms with E-state index in [9.17, 15) is 0 Å². The number of nitrogens with zero attached hydrogens (tertiary/aromatic N) is 2. The lowest BCUT2D eigenvalue weighted by Crippen LogP contribution is -2.35. The highest BCUT2D eigenvalue weighted by Gasteiger charge is 2.27. The molecule has 0 aliphatic carbocycles. The van der Waals surface area contributed by atoms with Gasteiger partial charge in [-0.2, -0.15) is 9.13 Å². The standard InChI is InChI=1S/C28H37N2/c1-10-23-13-11-14-24(18(2)3)27(23)29-17-30(22(9)21(29)8)28-25(19(4)5)15-12-16-26(28)20(6)7/h10-20H,1H2,2-9H3/q+1. The van der Waals surface area contributed by atoms with Crippen LogP contribution < -0.4 is 4.57 Å². The number of imidazole rings is 1. The van der Waals surface area contributed by atoms with Crippen molar-refractivity contribution < 1.29 is 4.57 Å². The minimum Gasteiger partial charge on any atom is -0.199 e. The van der Waals surface area contributed by atoms with Crippen molar-refractivity contribution in [2.45, 2.75) is 73.1 Å². The van der Waals surface area contributed by atoms with Crippen molar-refractivity contribution >= 4 is 6.08 Å². The van der Waals surface area contributed by atoms with E-state index in [2.05, 4.69) is 114 Å². The van der Waals surface area contributed by atoms with Gasteiger partial charge < -0.3 is 0 Å². The molecule has 0 N–H and O–H groups in total. The lowest BCUT2D eigenvalue weighted by Gasteiger charge is -2.17. The first-order valence-corrected chi connectivity index (χ1v) is 11.2. The second-order valence-corrected chi connectivity index (χ2v) is 9.26. The summed E-state index contributed by atoms with van der Waals surface area (Å²) in [6.45, 7) is 22.2. The summed E-state index contributed by atoms with van der Waals surface area (Å²) in [5, 5.41) is 0. The van der Waals surface area contributed by atoms with Crippen LogP contribution in [-0.4, -0.2) is 4.57 Å². The van der Waals surface area contributed by atoms with Gasteiger partial charge in [-0.05, 0) is 17.8 Å². The third-order valence-electron chi connectivity index (χ3n) is 6.24. The van der Waals surface area contributed by atoms with Crippen LogP contribution in [0.1, 0.15) is 92.9 Å². The van der Waals surface area contributed by atoms with Crippen LogP contribution in [0.2, 0.25) is 0 Å². The van der Waals surface area contributed by atoms with Crippen molar-refractivity contribution in [2.24, 2.45) is 0 Å². The van der Waals surface area contributed by atoms with Gasteiger partial charge in [0.05, 0.1) is 0 Å². The lowest BCUT2D eigenvalue weighted by molar-refractivity contribution is -0.602. The summed E-state index contributed by atoms with van der Waals surface area (Å²) in [5.74, 6) is 1.35. The second-order valence-electron chi connectivity index (χ2n) is 9.26. The van der Waals surface area contributed by atoms with E-state index in [4.69, 9.17) is 0 Å². The predicted octanol–water partition coefficient (Wildman–Crippen LogP) is 7.38. The molecule has 0 unspecified atom stereocenters. The zero-order chi connectivity index (χ0) is 22.2. The third-order valence-corrected chi connectivity index (χ3v) is 6.24. The first kappa shape index (κ1) is 22.1. The van der Waals surface area contributed by atoms with Crippen LogP contribution in [0.5, 0.6) is 0 Å². The summed E-state index contributed by atoms with van der Waals surface area (Å²) >= 11 is 0. The van der Waals surface area contributed by atoms with Crippen molar-refractivity contribution in [3.05, 3.63) is 82.9 Å². The Morgan fingerprint density at radius 2 is 1.30 bits per heavy atom. The second kappa shape index (κ2) is 8.63. The number of hydrogen-bond acceptors (Lipinski definition) is 0. The Morgan fingerprint density at radius 1 is 0.800 bits per heavy atom. The zero-order valence-corrected chi connectivity index (χ0v) is 20.0. The van der Waals surface area contributed by atoms with E-state index >= 15 is 0 Å².